The van der Waals surface area contributed by atoms with Gasteiger partial charge in [-0.25, -0.2) is 0 Å². The third-order valence-electron chi connectivity index (χ3n) is 3.74. The van der Waals surface area contributed by atoms with Crippen LogP contribution in [0.3, 0.4) is 0 Å². The summed E-state index contributed by atoms with van der Waals surface area (Å²) >= 11 is 0. The molecule has 20 heavy (non-hydrogen) atoms. The molecule has 0 fully saturated rings. The van der Waals surface area contributed by atoms with E-state index in [-0.39, 0.29) is 5.91 Å². The Balaban J connectivity index is 1.67. The average Bonchev–Trinajstić information content (AvgIpc) is 3.07. The Labute approximate surface area is 117 Å². The summed E-state index contributed by atoms with van der Waals surface area (Å²) in [6, 6.07) is 4.02. The van der Waals surface area contributed by atoms with E-state index in [9.17, 15) is 4.79 Å². The molecular weight excluding hydrogens is 252 g/mol. The summed E-state index contributed by atoms with van der Waals surface area (Å²) in [5.41, 5.74) is 4.85. The van der Waals surface area contributed by atoms with Gasteiger partial charge in [0.15, 0.2) is 5.69 Å². The van der Waals surface area contributed by atoms with Gasteiger partial charge in [-0.1, -0.05) is 6.92 Å². The lowest BCUT2D eigenvalue weighted by Gasteiger charge is -2.05. The third kappa shape index (κ3) is 2.43. The molecule has 0 aliphatic heterocycles. The Morgan fingerprint density at radius 3 is 3.20 bits per heavy atom. The van der Waals surface area contributed by atoms with Gasteiger partial charge in [0.25, 0.3) is 5.91 Å². The maximum atomic E-state index is 12.2. The maximum Gasteiger partial charge on any atom is 0.272 e. The van der Waals surface area contributed by atoms with Crippen molar-refractivity contribution in [3.8, 4) is 0 Å². The van der Waals surface area contributed by atoms with E-state index in [1.54, 1.807) is 6.20 Å². The highest BCUT2D eigenvalue weighted by Crippen LogP contribution is 2.22. The SMILES string of the molecule is CCc1ccnc(CNC(=O)c2n[nH]c3c2CCC3)c1. The summed E-state index contributed by atoms with van der Waals surface area (Å²) < 4.78 is 0. The molecule has 0 radical (unpaired) electrons. The van der Waals surface area contributed by atoms with Gasteiger partial charge in [-0.3, -0.25) is 14.9 Å². The number of aromatic nitrogens is 3. The van der Waals surface area contributed by atoms with Gasteiger partial charge in [0.1, 0.15) is 0 Å². The molecule has 0 aromatic carbocycles. The molecule has 2 heterocycles. The van der Waals surface area contributed by atoms with Gasteiger partial charge in [-0.05, 0) is 43.4 Å². The molecule has 3 rings (SSSR count). The number of fused-ring (bicyclic) bond motifs is 1. The van der Waals surface area contributed by atoms with Crippen LogP contribution >= 0.6 is 0 Å². The fraction of sp³-hybridized carbons (Fsp3) is 0.400. The predicted octanol–water partition coefficient (Wildman–Crippen LogP) is 1.79. The Hall–Kier alpha value is -2.17. The van der Waals surface area contributed by atoms with Gasteiger partial charge in [0, 0.05) is 17.5 Å². The topological polar surface area (TPSA) is 70.7 Å². The molecule has 0 atom stereocenters. The van der Waals surface area contributed by atoms with Crippen molar-refractivity contribution in [2.75, 3.05) is 0 Å². The molecule has 0 saturated carbocycles. The van der Waals surface area contributed by atoms with E-state index in [1.165, 1.54) is 5.56 Å². The molecule has 5 heteroatoms. The lowest BCUT2D eigenvalue weighted by atomic mass is 10.1. The second-order valence-electron chi connectivity index (χ2n) is 5.07. The molecule has 0 spiro atoms. The number of carbonyl (C=O) groups is 1. The Bertz CT molecular complexity index is 633. The van der Waals surface area contributed by atoms with Crippen LogP contribution in [0, 0.1) is 0 Å². The van der Waals surface area contributed by atoms with E-state index < -0.39 is 0 Å². The largest absolute Gasteiger partial charge is 0.345 e. The fourth-order valence-electron chi connectivity index (χ4n) is 2.61. The first-order chi connectivity index (χ1) is 9.78. The van der Waals surface area contributed by atoms with E-state index in [0.29, 0.717) is 12.2 Å². The zero-order valence-corrected chi connectivity index (χ0v) is 11.6. The summed E-state index contributed by atoms with van der Waals surface area (Å²) in [6.45, 7) is 2.54. The van der Waals surface area contributed by atoms with Crippen molar-refractivity contribution in [1.29, 1.82) is 0 Å². The van der Waals surface area contributed by atoms with E-state index in [1.807, 2.05) is 12.1 Å². The zero-order chi connectivity index (χ0) is 13.9. The minimum atomic E-state index is -0.117. The maximum absolute atomic E-state index is 12.2. The fourth-order valence-corrected chi connectivity index (χ4v) is 2.61. The van der Waals surface area contributed by atoms with Gasteiger partial charge in [-0.15, -0.1) is 0 Å². The van der Waals surface area contributed by atoms with Crippen molar-refractivity contribution < 1.29 is 4.79 Å². The molecule has 5 nitrogen and oxygen atoms in total. The minimum absolute atomic E-state index is 0.117. The molecule has 0 saturated heterocycles. The number of pyridine rings is 1. The summed E-state index contributed by atoms with van der Waals surface area (Å²) in [6.07, 6.45) is 5.79. The third-order valence-corrected chi connectivity index (χ3v) is 3.74. The molecule has 1 amide bonds. The van der Waals surface area contributed by atoms with Gasteiger partial charge in [-0.2, -0.15) is 5.10 Å². The zero-order valence-electron chi connectivity index (χ0n) is 11.6. The molecule has 1 aliphatic carbocycles. The number of aromatic amines is 1. The molecule has 2 aromatic heterocycles. The van der Waals surface area contributed by atoms with Crippen LogP contribution in [0.4, 0.5) is 0 Å². The highest BCUT2D eigenvalue weighted by molar-refractivity contribution is 5.94. The van der Waals surface area contributed by atoms with Crippen LogP contribution in [-0.4, -0.2) is 21.1 Å². The Morgan fingerprint density at radius 2 is 2.35 bits per heavy atom. The first-order valence-electron chi connectivity index (χ1n) is 7.06. The van der Waals surface area contributed by atoms with Gasteiger partial charge >= 0.3 is 0 Å². The highest BCUT2D eigenvalue weighted by atomic mass is 16.1. The van der Waals surface area contributed by atoms with Crippen molar-refractivity contribution in [3.05, 3.63) is 46.5 Å². The summed E-state index contributed by atoms with van der Waals surface area (Å²) in [5, 5.41) is 9.98. The molecular formula is C15H18N4O. The van der Waals surface area contributed by atoms with Gasteiger partial charge < -0.3 is 5.32 Å². The number of hydrogen-bond donors (Lipinski definition) is 2. The minimum Gasteiger partial charge on any atom is -0.345 e. The molecule has 1 aliphatic rings. The molecule has 0 unspecified atom stereocenters. The van der Waals surface area contributed by atoms with Gasteiger partial charge in [0.2, 0.25) is 0 Å². The highest BCUT2D eigenvalue weighted by Gasteiger charge is 2.22. The van der Waals surface area contributed by atoms with Crippen LogP contribution in [0.2, 0.25) is 0 Å². The monoisotopic (exact) mass is 270 g/mol. The number of H-pyrrole nitrogens is 1. The summed E-state index contributed by atoms with van der Waals surface area (Å²) in [4.78, 5) is 16.4. The standard InChI is InChI=1S/C15H18N4O/c1-2-10-6-7-16-11(8-10)9-17-15(20)14-12-4-3-5-13(12)18-19-14/h6-8H,2-5,9H2,1H3,(H,17,20)(H,18,19). The first kappa shape index (κ1) is 12.8. The van der Waals surface area contributed by atoms with Crippen molar-refractivity contribution in [2.45, 2.75) is 39.2 Å². The van der Waals surface area contributed by atoms with E-state index >= 15 is 0 Å². The second kappa shape index (κ2) is 5.45. The van der Waals surface area contributed by atoms with Crippen LogP contribution in [0.5, 0.6) is 0 Å². The van der Waals surface area contributed by atoms with Gasteiger partial charge in [0.05, 0.1) is 12.2 Å². The lowest BCUT2D eigenvalue weighted by molar-refractivity contribution is 0.0944. The normalized spacial score (nSPS) is 13.2. The number of hydrogen-bond acceptors (Lipinski definition) is 3. The molecule has 0 bridgehead atoms. The first-order valence-corrected chi connectivity index (χ1v) is 7.06. The van der Waals surface area contributed by atoms with Crippen molar-refractivity contribution in [1.82, 2.24) is 20.5 Å². The lowest BCUT2D eigenvalue weighted by Crippen LogP contribution is -2.24. The summed E-state index contributed by atoms with van der Waals surface area (Å²) in [5.74, 6) is -0.117. The van der Waals surface area contributed by atoms with Crippen LogP contribution < -0.4 is 5.32 Å². The smallest absolute Gasteiger partial charge is 0.272 e. The number of aryl methyl sites for hydroxylation is 2. The molecule has 2 N–H and O–H groups in total. The number of rotatable bonds is 4. The number of carbonyl (C=O) groups excluding carboxylic acids is 1. The Morgan fingerprint density at radius 1 is 1.45 bits per heavy atom. The second-order valence-corrected chi connectivity index (χ2v) is 5.07. The van der Waals surface area contributed by atoms with E-state index in [0.717, 1.165) is 42.6 Å². The number of amides is 1. The predicted molar refractivity (Wildman–Crippen MR) is 75.4 cm³/mol. The van der Waals surface area contributed by atoms with Crippen LogP contribution in [0.25, 0.3) is 0 Å². The van der Waals surface area contributed by atoms with E-state index in [4.69, 9.17) is 0 Å². The van der Waals surface area contributed by atoms with Crippen LogP contribution in [-0.2, 0) is 25.8 Å². The quantitative estimate of drug-likeness (QED) is 0.889. The average molecular weight is 270 g/mol. The molecule has 104 valence electrons. The van der Waals surface area contributed by atoms with Crippen LogP contribution in [0.1, 0.15) is 46.3 Å². The number of nitrogens with one attached hydrogen (secondary N) is 2. The van der Waals surface area contributed by atoms with Crippen molar-refractivity contribution >= 4 is 5.91 Å². The summed E-state index contributed by atoms with van der Waals surface area (Å²) in [7, 11) is 0. The van der Waals surface area contributed by atoms with Crippen LogP contribution in [0.15, 0.2) is 18.3 Å². The number of nitrogens with zero attached hydrogens (tertiary/aromatic N) is 2. The molecule has 2 aromatic rings. The van der Waals surface area contributed by atoms with E-state index in [2.05, 4.69) is 27.4 Å². The van der Waals surface area contributed by atoms with Crippen molar-refractivity contribution in [3.63, 3.8) is 0 Å². The van der Waals surface area contributed by atoms with Crippen molar-refractivity contribution in [2.24, 2.45) is 0 Å². The Kier molecular flexibility index (Phi) is 3.50.